The fourth-order valence-electron chi connectivity index (χ4n) is 3.71. The molecule has 0 saturated carbocycles. The first-order valence-corrected chi connectivity index (χ1v) is 11.8. The van der Waals surface area contributed by atoms with Gasteiger partial charge in [0.25, 0.3) is 0 Å². The lowest BCUT2D eigenvalue weighted by molar-refractivity contribution is 0.589. The van der Waals surface area contributed by atoms with E-state index in [-0.39, 0.29) is 5.41 Å². The molecule has 0 nitrogen and oxygen atoms in total. The molecule has 128 valence electrons. The van der Waals surface area contributed by atoms with Crippen molar-refractivity contribution in [1.29, 1.82) is 0 Å². The second kappa shape index (κ2) is 7.58. The number of rotatable bonds is 3. The van der Waals surface area contributed by atoms with Gasteiger partial charge in [0.05, 0.1) is 0 Å². The van der Waals surface area contributed by atoms with Crippen molar-refractivity contribution < 1.29 is 0 Å². The van der Waals surface area contributed by atoms with Crippen molar-refractivity contribution >= 4 is 24.0 Å². The average Bonchev–Trinajstić information content (AvgIpc) is 2.36. The third-order valence-electron chi connectivity index (χ3n) is 5.05. The van der Waals surface area contributed by atoms with Crippen LogP contribution in [-0.4, -0.2) is 8.07 Å². The molecule has 1 rings (SSSR count). The first-order chi connectivity index (χ1) is 10.4. The minimum atomic E-state index is -1.67. The van der Waals surface area contributed by atoms with Crippen LogP contribution in [0.5, 0.6) is 0 Å². The fraction of sp³-hybridized carbons (Fsp3) is 0.619. The Morgan fingerprint density at radius 3 is 1.74 bits per heavy atom. The second-order valence-corrected chi connectivity index (χ2v) is 15.1. The van der Waals surface area contributed by atoms with E-state index >= 15 is 0 Å². The Bertz CT molecular complexity index is 573. The van der Waals surface area contributed by atoms with Crippen molar-refractivity contribution in [3.05, 3.63) is 33.8 Å². The highest BCUT2D eigenvalue weighted by atomic mass is 79.9. The number of hydrogen-bond donors (Lipinski definition) is 0. The van der Waals surface area contributed by atoms with Gasteiger partial charge in [-0.3, -0.25) is 0 Å². The van der Waals surface area contributed by atoms with E-state index in [9.17, 15) is 0 Å². The third-order valence-corrected chi connectivity index (χ3v) is 11.8. The lowest BCUT2D eigenvalue weighted by atomic mass is 9.86. The van der Waals surface area contributed by atoms with Crippen molar-refractivity contribution in [2.45, 2.75) is 84.4 Å². The van der Waals surface area contributed by atoms with E-state index in [0.29, 0.717) is 16.6 Å². The van der Waals surface area contributed by atoms with Crippen molar-refractivity contribution in [2.24, 2.45) is 0 Å². The van der Waals surface area contributed by atoms with E-state index in [1.165, 1.54) is 5.56 Å². The molecule has 1 aromatic carbocycles. The van der Waals surface area contributed by atoms with Crippen molar-refractivity contribution in [3.63, 3.8) is 0 Å². The standard InChI is InChI=1S/C21H33BrSi/c1-15(2)23(16(3)4,17(5)6)11-10-18-12-19(21(7,8)9)14-20(22)13-18/h12-17H,1-9H3. The molecule has 2 heteroatoms. The zero-order valence-electron chi connectivity index (χ0n) is 16.3. The molecule has 0 aromatic heterocycles. The molecule has 0 radical (unpaired) electrons. The molecule has 0 aliphatic carbocycles. The van der Waals surface area contributed by atoms with E-state index in [4.69, 9.17) is 0 Å². The van der Waals surface area contributed by atoms with Gasteiger partial charge >= 0.3 is 0 Å². The van der Waals surface area contributed by atoms with Gasteiger partial charge in [-0.1, -0.05) is 84.2 Å². The van der Waals surface area contributed by atoms with Gasteiger partial charge in [0, 0.05) is 10.0 Å². The van der Waals surface area contributed by atoms with E-state index < -0.39 is 8.07 Å². The molecule has 0 amide bonds. The maximum Gasteiger partial charge on any atom is 0.146 e. The Labute approximate surface area is 153 Å². The summed E-state index contributed by atoms with van der Waals surface area (Å²) in [6.07, 6.45) is 0. The van der Waals surface area contributed by atoms with Crippen molar-refractivity contribution in [2.75, 3.05) is 0 Å². The summed E-state index contributed by atoms with van der Waals surface area (Å²) in [6.45, 7) is 20.9. The number of hydrogen-bond acceptors (Lipinski definition) is 0. The summed E-state index contributed by atoms with van der Waals surface area (Å²) < 4.78 is 1.13. The fourth-order valence-corrected chi connectivity index (χ4v) is 9.43. The van der Waals surface area contributed by atoms with Gasteiger partial charge in [-0.15, -0.1) is 5.54 Å². The second-order valence-electron chi connectivity index (χ2n) is 8.63. The summed E-state index contributed by atoms with van der Waals surface area (Å²) in [7, 11) is -1.67. The number of halogens is 1. The largest absolute Gasteiger partial charge is 0.146 e. The summed E-state index contributed by atoms with van der Waals surface area (Å²) >= 11 is 3.66. The average molecular weight is 393 g/mol. The van der Waals surface area contributed by atoms with E-state index in [1.807, 2.05) is 0 Å². The molecule has 0 fully saturated rings. The van der Waals surface area contributed by atoms with Gasteiger partial charge in [0.2, 0.25) is 0 Å². The van der Waals surface area contributed by atoms with Crippen LogP contribution in [0.25, 0.3) is 0 Å². The van der Waals surface area contributed by atoms with Crippen LogP contribution in [0.4, 0.5) is 0 Å². The molecule has 0 N–H and O–H groups in total. The Kier molecular flexibility index (Phi) is 6.76. The van der Waals surface area contributed by atoms with Crippen LogP contribution >= 0.6 is 15.9 Å². The first kappa shape index (κ1) is 20.5. The predicted octanol–water partition coefficient (Wildman–Crippen LogP) is 7.32. The first-order valence-electron chi connectivity index (χ1n) is 8.75. The molecular formula is C21H33BrSi. The smallest absolute Gasteiger partial charge is 0.125 e. The summed E-state index contributed by atoms with van der Waals surface area (Å²) in [5.41, 5.74) is 8.45. The zero-order chi connectivity index (χ0) is 18.0. The Balaban J connectivity index is 3.41. The number of benzene rings is 1. The molecule has 0 aliphatic rings. The van der Waals surface area contributed by atoms with Crippen LogP contribution in [0, 0.1) is 11.5 Å². The molecule has 23 heavy (non-hydrogen) atoms. The molecule has 0 atom stereocenters. The minimum absolute atomic E-state index is 0.142. The Morgan fingerprint density at radius 1 is 0.870 bits per heavy atom. The summed E-state index contributed by atoms with van der Waals surface area (Å²) in [5, 5.41) is 0. The van der Waals surface area contributed by atoms with Gasteiger partial charge in [-0.25, -0.2) is 0 Å². The molecule has 0 bridgehead atoms. The van der Waals surface area contributed by atoms with Gasteiger partial charge in [0.1, 0.15) is 8.07 Å². The SMILES string of the molecule is CC(C)[Si](C#Cc1cc(Br)cc(C(C)(C)C)c1)(C(C)C)C(C)C. The highest BCUT2D eigenvalue weighted by Gasteiger charge is 2.41. The Morgan fingerprint density at radius 2 is 1.35 bits per heavy atom. The third kappa shape index (κ3) is 4.74. The van der Waals surface area contributed by atoms with Crippen molar-refractivity contribution in [3.8, 4) is 11.5 Å². The van der Waals surface area contributed by atoms with Gasteiger partial charge in [0.15, 0.2) is 0 Å². The van der Waals surface area contributed by atoms with Gasteiger partial charge < -0.3 is 0 Å². The molecular weight excluding hydrogens is 360 g/mol. The highest BCUT2D eigenvalue weighted by Crippen LogP contribution is 2.40. The molecule has 0 heterocycles. The maximum atomic E-state index is 3.82. The molecule has 0 aliphatic heterocycles. The van der Waals surface area contributed by atoms with Crippen LogP contribution in [0.15, 0.2) is 22.7 Å². The van der Waals surface area contributed by atoms with Crippen LogP contribution in [0.2, 0.25) is 16.6 Å². The lowest BCUT2D eigenvalue weighted by Crippen LogP contribution is -2.43. The lowest BCUT2D eigenvalue weighted by Gasteiger charge is -2.38. The van der Waals surface area contributed by atoms with Crippen LogP contribution in [-0.2, 0) is 5.41 Å². The van der Waals surface area contributed by atoms with Crippen LogP contribution in [0.1, 0.15) is 73.4 Å². The van der Waals surface area contributed by atoms with Gasteiger partial charge in [-0.2, -0.15) is 0 Å². The molecule has 0 spiro atoms. The normalized spacial score (nSPS) is 12.7. The predicted molar refractivity (Wildman–Crippen MR) is 111 cm³/mol. The minimum Gasteiger partial charge on any atom is -0.125 e. The van der Waals surface area contributed by atoms with Gasteiger partial charge in [-0.05, 0) is 45.8 Å². The maximum absolute atomic E-state index is 3.82. The van der Waals surface area contributed by atoms with Crippen LogP contribution < -0.4 is 0 Å². The quantitative estimate of drug-likeness (QED) is 0.373. The monoisotopic (exact) mass is 392 g/mol. The molecule has 0 saturated heterocycles. The summed E-state index contributed by atoms with van der Waals surface area (Å²) in [5.74, 6) is 3.56. The summed E-state index contributed by atoms with van der Waals surface area (Å²) in [6, 6.07) is 6.63. The topological polar surface area (TPSA) is 0 Å². The van der Waals surface area contributed by atoms with Crippen molar-refractivity contribution in [1.82, 2.24) is 0 Å². The summed E-state index contributed by atoms with van der Waals surface area (Å²) in [4.78, 5) is 0. The Hall–Kier alpha value is -0.523. The zero-order valence-corrected chi connectivity index (χ0v) is 18.9. The van der Waals surface area contributed by atoms with E-state index in [0.717, 1.165) is 10.0 Å². The highest BCUT2D eigenvalue weighted by molar-refractivity contribution is 9.10. The van der Waals surface area contributed by atoms with Crippen LogP contribution in [0.3, 0.4) is 0 Å². The molecule has 0 unspecified atom stereocenters. The van der Waals surface area contributed by atoms with E-state index in [1.54, 1.807) is 0 Å². The molecule has 1 aromatic rings. The van der Waals surface area contributed by atoms with E-state index in [2.05, 4.69) is 108 Å².